The maximum absolute atomic E-state index is 11.9. The molecule has 0 amide bonds. The highest BCUT2D eigenvalue weighted by Gasteiger charge is 2.26. The molecule has 0 saturated heterocycles. The average molecular weight is 291 g/mol. The van der Waals surface area contributed by atoms with E-state index in [4.69, 9.17) is 15.2 Å². The van der Waals surface area contributed by atoms with Crippen molar-refractivity contribution in [3.05, 3.63) is 23.8 Å². The molecule has 2 unspecified atom stereocenters. The molecule has 0 aliphatic heterocycles. The van der Waals surface area contributed by atoms with Gasteiger partial charge < -0.3 is 15.2 Å². The standard InChI is InChI=1S/C17H25NO3/c1-4-20-17(19)14-6-5-7-15(16(14)18)21-13-9-11(2)8-12(3)10-13/h5-7,11-13H,4,8-10,18H2,1-3H3. The van der Waals surface area contributed by atoms with E-state index in [0.717, 1.165) is 12.8 Å². The highest BCUT2D eigenvalue weighted by atomic mass is 16.5. The Kier molecular flexibility index (Phi) is 5.10. The molecule has 4 heteroatoms. The van der Waals surface area contributed by atoms with Crippen molar-refractivity contribution in [1.82, 2.24) is 0 Å². The van der Waals surface area contributed by atoms with Gasteiger partial charge in [0.05, 0.1) is 24.0 Å². The summed E-state index contributed by atoms with van der Waals surface area (Å²) in [5.41, 5.74) is 6.83. The number of para-hydroxylation sites is 1. The van der Waals surface area contributed by atoms with E-state index in [2.05, 4.69) is 13.8 Å². The van der Waals surface area contributed by atoms with E-state index in [1.165, 1.54) is 6.42 Å². The summed E-state index contributed by atoms with van der Waals surface area (Å²) in [5.74, 6) is 1.51. The summed E-state index contributed by atoms with van der Waals surface area (Å²) in [5, 5.41) is 0. The van der Waals surface area contributed by atoms with E-state index in [1.807, 2.05) is 6.07 Å². The fourth-order valence-electron chi connectivity index (χ4n) is 3.18. The molecule has 1 aliphatic rings. The number of carbonyl (C=O) groups is 1. The lowest BCUT2D eigenvalue weighted by Crippen LogP contribution is -2.28. The number of nitrogens with two attached hydrogens (primary N) is 1. The first-order valence-corrected chi connectivity index (χ1v) is 7.73. The lowest BCUT2D eigenvalue weighted by molar-refractivity contribution is 0.0526. The minimum atomic E-state index is -0.397. The molecule has 0 heterocycles. The maximum Gasteiger partial charge on any atom is 0.340 e. The summed E-state index contributed by atoms with van der Waals surface area (Å²) < 4.78 is 11.1. The van der Waals surface area contributed by atoms with Crippen LogP contribution in [0.5, 0.6) is 5.75 Å². The number of nitrogen functional groups attached to an aromatic ring is 1. The maximum atomic E-state index is 11.9. The van der Waals surface area contributed by atoms with Gasteiger partial charge in [0.25, 0.3) is 0 Å². The molecule has 1 saturated carbocycles. The molecule has 2 rings (SSSR count). The highest BCUT2D eigenvalue weighted by molar-refractivity contribution is 5.96. The average Bonchev–Trinajstić information content (AvgIpc) is 2.40. The van der Waals surface area contributed by atoms with Crippen LogP contribution in [0, 0.1) is 11.8 Å². The van der Waals surface area contributed by atoms with Crippen LogP contribution in [0.15, 0.2) is 18.2 Å². The Morgan fingerprint density at radius 1 is 1.24 bits per heavy atom. The van der Waals surface area contributed by atoms with Gasteiger partial charge in [-0.1, -0.05) is 19.9 Å². The van der Waals surface area contributed by atoms with Crippen molar-refractivity contribution in [3.63, 3.8) is 0 Å². The van der Waals surface area contributed by atoms with Crippen molar-refractivity contribution in [2.75, 3.05) is 12.3 Å². The Hall–Kier alpha value is -1.71. The smallest absolute Gasteiger partial charge is 0.340 e. The molecule has 2 atom stereocenters. The molecule has 0 bridgehead atoms. The van der Waals surface area contributed by atoms with Crippen LogP contribution in [0.25, 0.3) is 0 Å². The molecule has 21 heavy (non-hydrogen) atoms. The van der Waals surface area contributed by atoms with Crippen molar-refractivity contribution in [1.29, 1.82) is 0 Å². The van der Waals surface area contributed by atoms with Crippen LogP contribution in [0.2, 0.25) is 0 Å². The number of hydrogen-bond donors (Lipinski definition) is 1. The van der Waals surface area contributed by atoms with Gasteiger partial charge in [-0.25, -0.2) is 4.79 Å². The number of rotatable bonds is 4. The van der Waals surface area contributed by atoms with Crippen molar-refractivity contribution in [3.8, 4) is 5.75 Å². The minimum absolute atomic E-state index is 0.170. The van der Waals surface area contributed by atoms with Gasteiger partial charge in [0.15, 0.2) is 0 Å². The Morgan fingerprint density at radius 2 is 1.90 bits per heavy atom. The number of carbonyl (C=O) groups excluding carboxylic acids is 1. The van der Waals surface area contributed by atoms with Gasteiger partial charge in [-0.2, -0.15) is 0 Å². The summed E-state index contributed by atoms with van der Waals surface area (Å²) in [4.78, 5) is 11.9. The molecular weight excluding hydrogens is 266 g/mol. The van der Waals surface area contributed by atoms with E-state index in [-0.39, 0.29) is 6.10 Å². The first-order valence-electron chi connectivity index (χ1n) is 7.73. The van der Waals surface area contributed by atoms with Crippen LogP contribution in [-0.4, -0.2) is 18.7 Å². The van der Waals surface area contributed by atoms with Crippen LogP contribution in [0.1, 0.15) is 50.4 Å². The summed E-state index contributed by atoms with van der Waals surface area (Å²) in [7, 11) is 0. The Morgan fingerprint density at radius 3 is 2.52 bits per heavy atom. The molecule has 0 aromatic heterocycles. The fourth-order valence-corrected chi connectivity index (χ4v) is 3.18. The third kappa shape index (κ3) is 3.90. The third-order valence-electron chi connectivity index (χ3n) is 3.99. The molecule has 2 N–H and O–H groups in total. The van der Waals surface area contributed by atoms with Gasteiger partial charge in [-0.05, 0) is 50.2 Å². The second kappa shape index (κ2) is 6.83. The van der Waals surface area contributed by atoms with Gasteiger partial charge in [0.2, 0.25) is 0 Å². The van der Waals surface area contributed by atoms with Crippen molar-refractivity contribution >= 4 is 11.7 Å². The van der Waals surface area contributed by atoms with Gasteiger partial charge in [0.1, 0.15) is 5.75 Å². The zero-order chi connectivity index (χ0) is 15.4. The van der Waals surface area contributed by atoms with Gasteiger partial charge >= 0.3 is 5.97 Å². The molecule has 1 aromatic rings. The summed E-state index contributed by atoms with van der Waals surface area (Å²) >= 11 is 0. The topological polar surface area (TPSA) is 61.5 Å². The highest BCUT2D eigenvalue weighted by Crippen LogP contribution is 2.34. The molecule has 0 spiro atoms. The fraction of sp³-hybridized carbons (Fsp3) is 0.588. The van der Waals surface area contributed by atoms with E-state index >= 15 is 0 Å². The number of esters is 1. The van der Waals surface area contributed by atoms with Crippen molar-refractivity contribution in [2.24, 2.45) is 11.8 Å². The third-order valence-corrected chi connectivity index (χ3v) is 3.99. The minimum Gasteiger partial charge on any atom is -0.488 e. The van der Waals surface area contributed by atoms with E-state index in [1.54, 1.807) is 19.1 Å². The second-order valence-electron chi connectivity index (χ2n) is 6.10. The van der Waals surface area contributed by atoms with Gasteiger partial charge in [-0.15, -0.1) is 0 Å². The molecule has 1 aromatic carbocycles. The molecule has 4 nitrogen and oxygen atoms in total. The monoisotopic (exact) mass is 291 g/mol. The summed E-state index contributed by atoms with van der Waals surface area (Å²) in [6.45, 7) is 6.62. The van der Waals surface area contributed by atoms with Crippen LogP contribution in [-0.2, 0) is 4.74 Å². The quantitative estimate of drug-likeness (QED) is 0.679. The lowest BCUT2D eigenvalue weighted by atomic mass is 9.82. The zero-order valence-electron chi connectivity index (χ0n) is 13.1. The number of benzene rings is 1. The first kappa shape index (κ1) is 15.7. The predicted octanol–water partition coefficient (Wildman–Crippen LogP) is 3.65. The SMILES string of the molecule is CCOC(=O)c1cccc(OC2CC(C)CC(C)C2)c1N. The Labute approximate surface area is 126 Å². The van der Waals surface area contributed by atoms with E-state index in [9.17, 15) is 4.79 Å². The predicted molar refractivity (Wildman–Crippen MR) is 83.4 cm³/mol. The first-order chi connectivity index (χ1) is 10.0. The van der Waals surface area contributed by atoms with Crippen molar-refractivity contribution in [2.45, 2.75) is 46.1 Å². The summed E-state index contributed by atoms with van der Waals surface area (Å²) in [6, 6.07) is 5.28. The van der Waals surface area contributed by atoms with Crippen LogP contribution in [0.3, 0.4) is 0 Å². The Balaban J connectivity index is 2.13. The van der Waals surface area contributed by atoms with Gasteiger partial charge in [0, 0.05) is 0 Å². The number of hydrogen-bond acceptors (Lipinski definition) is 4. The van der Waals surface area contributed by atoms with Crippen molar-refractivity contribution < 1.29 is 14.3 Å². The van der Waals surface area contributed by atoms with E-state index < -0.39 is 5.97 Å². The second-order valence-corrected chi connectivity index (χ2v) is 6.10. The Bertz CT molecular complexity index is 491. The van der Waals surface area contributed by atoms with Crippen LogP contribution in [0.4, 0.5) is 5.69 Å². The molecule has 116 valence electrons. The lowest BCUT2D eigenvalue weighted by Gasteiger charge is -2.32. The summed E-state index contributed by atoms with van der Waals surface area (Å²) in [6.07, 6.45) is 3.49. The molecule has 0 radical (unpaired) electrons. The van der Waals surface area contributed by atoms with E-state index in [0.29, 0.717) is 35.4 Å². The normalized spacial score (nSPS) is 25.4. The molecular formula is C17H25NO3. The zero-order valence-corrected chi connectivity index (χ0v) is 13.1. The number of anilines is 1. The molecule has 1 aliphatic carbocycles. The number of ether oxygens (including phenoxy) is 2. The molecule has 1 fully saturated rings. The largest absolute Gasteiger partial charge is 0.488 e. The van der Waals surface area contributed by atoms with Crippen LogP contribution < -0.4 is 10.5 Å². The van der Waals surface area contributed by atoms with Crippen LogP contribution >= 0.6 is 0 Å². The van der Waals surface area contributed by atoms with Gasteiger partial charge in [-0.3, -0.25) is 0 Å².